The Morgan fingerprint density at radius 1 is 1.22 bits per heavy atom. The van der Waals surface area contributed by atoms with Crippen LogP contribution in [0, 0.1) is 0 Å². The van der Waals surface area contributed by atoms with Gasteiger partial charge in [-0.2, -0.15) is 0 Å². The van der Waals surface area contributed by atoms with Crippen molar-refractivity contribution in [2.75, 3.05) is 19.6 Å². The number of hydrogen-bond donors (Lipinski definition) is 0. The van der Waals surface area contributed by atoms with Crippen molar-refractivity contribution in [2.45, 2.75) is 45.8 Å². The van der Waals surface area contributed by atoms with Gasteiger partial charge in [-0.05, 0) is 39.2 Å². The number of carbonyl (C=O) groups excluding carboxylic acids is 2. The maximum atomic E-state index is 12.8. The molecule has 1 aliphatic rings. The molecule has 1 fully saturated rings. The van der Waals surface area contributed by atoms with Crippen LogP contribution in [0.4, 0.5) is 4.79 Å². The van der Waals surface area contributed by atoms with Gasteiger partial charge in [0.1, 0.15) is 12.1 Å². The summed E-state index contributed by atoms with van der Waals surface area (Å²) in [6.45, 7) is 7.86. The van der Waals surface area contributed by atoms with Gasteiger partial charge in [-0.3, -0.25) is 9.69 Å². The Morgan fingerprint density at radius 3 is 2.48 bits per heavy atom. The standard InChI is InChI=1S/C18H26N2O3/c1-4-19(5-2)16(21)18(3)12-9-13-20(18)17(22)23-14-15-10-7-6-8-11-15/h6-8,10-11H,4-5,9,12-14H2,1-3H3. The number of benzene rings is 1. The molecule has 1 saturated heterocycles. The Bertz CT molecular complexity index is 542. The second-order valence-corrected chi connectivity index (χ2v) is 6.05. The van der Waals surface area contributed by atoms with Crippen LogP contribution in [0.3, 0.4) is 0 Å². The van der Waals surface area contributed by atoms with E-state index in [1.165, 1.54) is 0 Å². The molecule has 23 heavy (non-hydrogen) atoms. The molecule has 2 rings (SSSR count). The zero-order chi connectivity index (χ0) is 16.9. The molecule has 0 aromatic heterocycles. The molecule has 1 heterocycles. The molecule has 0 saturated carbocycles. The molecule has 0 radical (unpaired) electrons. The van der Waals surface area contributed by atoms with Crippen molar-refractivity contribution in [2.24, 2.45) is 0 Å². The number of ether oxygens (including phenoxy) is 1. The third-order valence-corrected chi connectivity index (χ3v) is 4.58. The Hall–Kier alpha value is -2.04. The van der Waals surface area contributed by atoms with Gasteiger partial charge >= 0.3 is 6.09 Å². The molecule has 5 nitrogen and oxygen atoms in total. The van der Waals surface area contributed by atoms with E-state index < -0.39 is 11.6 Å². The van der Waals surface area contributed by atoms with E-state index in [-0.39, 0.29) is 12.5 Å². The predicted octanol–water partition coefficient (Wildman–Crippen LogP) is 3.05. The molecule has 0 bridgehead atoms. The van der Waals surface area contributed by atoms with E-state index in [1.54, 1.807) is 9.80 Å². The number of rotatable bonds is 5. The summed E-state index contributed by atoms with van der Waals surface area (Å²) in [5, 5.41) is 0. The maximum absolute atomic E-state index is 12.8. The van der Waals surface area contributed by atoms with Crippen molar-refractivity contribution < 1.29 is 14.3 Å². The largest absolute Gasteiger partial charge is 0.445 e. The van der Waals surface area contributed by atoms with Gasteiger partial charge in [-0.1, -0.05) is 30.3 Å². The summed E-state index contributed by atoms with van der Waals surface area (Å²) in [6.07, 6.45) is 1.10. The third kappa shape index (κ3) is 3.66. The first kappa shape index (κ1) is 17.3. The van der Waals surface area contributed by atoms with Crippen LogP contribution >= 0.6 is 0 Å². The second kappa shape index (κ2) is 7.49. The smallest absolute Gasteiger partial charge is 0.410 e. The topological polar surface area (TPSA) is 49.9 Å². The lowest BCUT2D eigenvalue weighted by Crippen LogP contribution is -2.56. The highest BCUT2D eigenvalue weighted by molar-refractivity contribution is 5.90. The van der Waals surface area contributed by atoms with Crippen molar-refractivity contribution in [1.29, 1.82) is 0 Å². The first-order valence-corrected chi connectivity index (χ1v) is 8.30. The Labute approximate surface area is 138 Å². The van der Waals surface area contributed by atoms with E-state index in [9.17, 15) is 9.59 Å². The molecule has 2 amide bonds. The lowest BCUT2D eigenvalue weighted by atomic mass is 9.97. The van der Waals surface area contributed by atoms with Crippen molar-refractivity contribution in [1.82, 2.24) is 9.80 Å². The number of hydrogen-bond acceptors (Lipinski definition) is 3. The minimum Gasteiger partial charge on any atom is -0.445 e. The van der Waals surface area contributed by atoms with Crippen molar-refractivity contribution in [3.05, 3.63) is 35.9 Å². The van der Waals surface area contributed by atoms with Crippen LogP contribution in [0.1, 0.15) is 39.2 Å². The summed E-state index contributed by atoms with van der Waals surface area (Å²) in [5.74, 6) is 0.0108. The van der Waals surface area contributed by atoms with Crippen molar-refractivity contribution >= 4 is 12.0 Å². The van der Waals surface area contributed by atoms with Gasteiger partial charge in [-0.15, -0.1) is 0 Å². The molecule has 0 N–H and O–H groups in total. The van der Waals surface area contributed by atoms with E-state index in [1.807, 2.05) is 51.1 Å². The number of amides is 2. The average molecular weight is 318 g/mol. The quantitative estimate of drug-likeness (QED) is 0.838. The van der Waals surface area contributed by atoms with Gasteiger partial charge in [-0.25, -0.2) is 4.79 Å². The fourth-order valence-electron chi connectivity index (χ4n) is 3.13. The zero-order valence-corrected chi connectivity index (χ0v) is 14.2. The van der Waals surface area contributed by atoms with Gasteiger partial charge < -0.3 is 9.64 Å². The Balaban J connectivity index is 2.05. The molecule has 1 unspecified atom stereocenters. The number of carbonyl (C=O) groups is 2. The SMILES string of the molecule is CCN(CC)C(=O)C1(C)CCCN1C(=O)OCc1ccccc1. The normalized spacial score (nSPS) is 20.4. The maximum Gasteiger partial charge on any atom is 0.410 e. The molecule has 126 valence electrons. The summed E-state index contributed by atoms with van der Waals surface area (Å²) in [6, 6.07) is 9.57. The summed E-state index contributed by atoms with van der Waals surface area (Å²) >= 11 is 0. The van der Waals surface area contributed by atoms with E-state index in [4.69, 9.17) is 4.74 Å². The Morgan fingerprint density at radius 2 is 1.87 bits per heavy atom. The second-order valence-electron chi connectivity index (χ2n) is 6.05. The number of nitrogens with zero attached hydrogens (tertiary/aromatic N) is 2. The number of likely N-dealkylation sites (N-methyl/N-ethyl adjacent to an activating group) is 1. The van der Waals surface area contributed by atoms with Crippen LogP contribution in [0.15, 0.2) is 30.3 Å². The summed E-state index contributed by atoms with van der Waals surface area (Å²) in [5.41, 5.74) is 0.150. The van der Waals surface area contributed by atoms with Gasteiger partial charge in [0.15, 0.2) is 0 Å². The Kier molecular flexibility index (Phi) is 5.64. The van der Waals surface area contributed by atoms with Crippen molar-refractivity contribution in [3.8, 4) is 0 Å². The lowest BCUT2D eigenvalue weighted by molar-refractivity contribution is -0.140. The van der Waals surface area contributed by atoms with Crippen LogP contribution in [-0.4, -0.2) is 47.0 Å². The molecule has 0 spiro atoms. The first-order valence-electron chi connectivity index (χ1n) is 8.30. The molecule has 5 heteroatoms. The van der Waals surface area contributed by atoms with Gasteiger partial charge in [0.25, 0.3) is 0 Å². The molecular weight excluding hydrogens is 292 g/mol. The lowest BCUT2D eigenvalue weighted by Gasteiger charge is -2.36. The highest BCUT2D eigenvalue weighted by Crippen LogP contribution is 2.31. The van der Waals surface area contributed by atoms with Crippen LogP contribution in [0.5, 0.6) is 0 Å². The molecule has 0 aliphatic carbocycles. The molecule has 1 aromatic rings. The van der Waals surface area contributed by atoms with E-state index in [0.717, 1.165) is 12.0 Å². The van der Waals surface area contributed by atoms with Crippen LogP contribution in [0.2, 0.25) is 0 Å². The molecule has 1 aromatic carbocycles. The first-order chi connectivity index (χ1) is 11.0. The summed E-state index contributed by atoms with van der Waals surface area (Å²) in [4.78, 5) is 28.6. The highest BCUT2D eigenvalue weighted by atomic mass is 16.6. The minimum atomic E-state index is -0.792. The zero-order valence-electron chi connectivity index (χ0n) is 14.2. The summed E-state index contributed by atoms with van der Waals surface area (Å²) < 4.78 is 5.42. The van der Waals surface area contributed by atoms with Gasteiger partial charge in [0.2, 0.25) is 5.91 Å². The fourth-order valence-corrected chi connectivity index (χ4v) is 3.13. The van der Waals surface area contributed by atoms with E-state index >= 15 is 0 Å². The fraction of sp³-hybridized carbons (Fsp3) is 0.556. The predicted molar refractivity (Wildman–Crippen MR) is 88.9 cm³/mol. The highest BCUT2D eigenvalue weighted by Gasteiger charge is 2.47. The van der Waals surface area contributed by atoms with E-state index in [0.29, 0.717) is 26.1 Å². The monoisotopic (exact) mass is 318 g/mol. The van der Waals surface area contributed by atoms with Crippen molar-refractivity contribution in [3.63, 3.8) is 0 Å². The molecule has 1 atom stereocenters. The average Bonchev–Trinajstić information content (AvgIpc) is 2.98. The third-order valence-electron chi connectivity index (χ3n) is 4.58. The number of likely N-dealkylation sites (tertiary alicyclic amines) is 1. The minimum absolute atomic E-state index is 0.0108. The van der Waals surface area contributed by atoms with Gasteiger partial charge in [0.05, 0.1) is 0 Å². The molecule has 1 aliphatic heterocycles. The van der Waals surface area contributed by atoms with Crippen LogP contribution in [-0.2, 0) is 16.1 Å². The summed E-state index contributed by atoms with van der Waals surface area (Å²) in [7, 11) is 0. The molecular formula is C18H26N2O3. The van der Waals surface area contributed by atoms with Crippen LogP contribution < -0.4 is 0 Å². The van der Waals surface area contributed by atoms with Crippen LogP contribution in [0.25, 0.3) is 0 Å². The van der Waals surface area contributed by atoms with E-state index in [2.05, 4.69) is 0 Å². The van der Waals surface area contributed by atoms with Gasteiger partial charge in [0, 0.05) is 19.6 Å².